The Morgan fingerprint density at radius 2 is 1.77 bits per heavy atom. The van der Waals surface area contributed by atoms with Crippen LogP contribution >= 0.6 is 11.6 Å². The van der Waals surface area contributed by atoms with Gasteiger partial charge in [-0.15, -0.1) is 0 Å². The van der Waals surface area contributed by atoms with Crippen LogP contribution in [0.15, 0.2) is 42.5 Å². The average Bonchev–Trinajstić information content (AvgIpc) is 2.54. The highest BCUT2D eigenvalue weighted by molar-refractivity contribution is 6.36. The van der Waals surface area contributed by atoms with Gasteiger partial charge in [-0.25, -0.2) is 0 Å². The summed E-state index contributed by atoms with van der Waals surface area (Å²) in [7, 11) is 0. The SMILES string of the molecule is O=C(CC(=O)c1cc(C(F)(F)F)cc([N+](=O)[O-])c1Cl)Nc1ccccc1. The van der Waals surface area contributed by atoms with Gasteiger partial charge in [0.1, 0.15) is 5.02 Å². The molecular formula is C16H10ClF3N2O4. The summed E-state index contributed by atoms with van der Waals surface area (Å²) in [5.41, 5.74) is -2.82. The molecule has 0 fully saturated rings. The molecule has 0 saturated carbocycles. The first-order valence-corrected chi connectivity index (χ1v) is 7.40. The number of para-hydroxylation sites is 1. The van der Waals surface area contributed by atoms with E-state index in [0.717, 1.165) is 0 Å². The Hall–Kier alpha value is -2.94. The van der Waals surface area contributed by atoms with E-state index in [9.17, 15) is 32.9 Å². The number of anilines is 1. The van der Waals surface area contributed by atoms with Gasteiger partial charge in [-0.3, -0.25) is 19.7 Å². The van der Waals surface area contributed by atoms with Crippen LogP contribution in [0.25, 0.3) is 0 Å². The zero-order chi connectivity index (χ0) is 19.5. The molecule has 1 N–H and O–H groups in total. The molecule has 26 heavy (non-hydrogen) atoms. The highest BCUT2D eigenvalue weighted by atomic mass is 35.5. The lowest BCUT2D eigenvalue weighted by Gasteiger charge is -2.11. The lowest BCUT2D eigenvalue weighted by atomic mass is 10.0. The molecule has 0 aliphatic rings. The third-order valence-electron chi connectivity index (χ3n) is 3.26. The number of hydrogen-bond acceptors (Lipinski definition) is 4. The van der Waals surface area contributed by atoms with Crippen LogP contribution in [0.2, 0.25) is 5.02 Å². The van der Waals surface area contributed by atoms with E-state index in [2.05, 4.69) is 5.32 Å². The van der Waals surface area contributed by atoms with Crippen LogP contribution in [0.5, 0.6) is 0 Å². The van der Waals surface area contributed by atoms with Crippen molar-refractivity contribution in [3.63, 3.8) is 0 Å². The first kappa shape index (κ1) is 19.4. The number of carbonyl (C=O) groups is 2. The van der Waals surface area contributed by atoms with Crippen LogP contribution in [0.3, 0.4) is 0 Å². The Kier molecular flexibility index (Phi) is 5.61. The van der Waals surface area contributed by atoms with Gasteiger partial charge >= 0.3 is 6.18 Å². The van der Waals surface area contributed by atoms with Gasteiger partial charge in [-0.1, -0.05) is 29.8 Å². The van der Waals surface area contributed by atoms with Crippen molar-refractivity contribution in [1.82, 2.24) is 0 Å². The molecule has 0 unspecified atom stereocenters. The van der Waals surface area contributed by atoms with Crippen molar-refractivity contribution in [3.05, 3.63) is 68.7 Å². The predicted molar refractivity (Wildman–Crippen MR) is 87.1 cm³/mol. The summed E-state index contributed by atoms with van der Waals surface area (Å²) in [6.07, 6.45) is -5.75. The van der Waals surface area contributed by atoms with Gasteiger partial charge in [0, 0.05) is 17.3 Å². The standard InChI is InChI=1S/C16H10ClF3N2O4/c17-15-11(6-9(16(18,19)20)7-12(15)22(25)26)13(23)8-14(24)21-10-4-2-1-3-5-10/h1-7H,8H2,(H,21,24). The summed E-state index contributed by atoms with van der Waals surface area (Å²) < 4.78 is 38.7. The van der Waals surface area contributed by atoms with Crippen molar-refractivity contribution in [2.24, 2.45) is 0 Å². The quantitative estimate of drug-likeness (QED) is 0.355. The molecule has 0 aliphatic carbocycles. The molecule has 0 atom stereocenters. The lowest BCUT2D eigenvalue weighted by molar-refractivity contribution is -0.385. The van der Waals surface area contributed by atoms with Gasteiger partial charge in [0.15, 0.2) is 5.78 Å². The number of benzene rings is 2. The van der Waals surface area contributed by atoms with Crippen LogP contribution < -0.4 is 5.32 Å². The number of alkyl halides is 3. The highest BCUT2D eigenvalue weighted by Crippen LogP contribution is 2.37. The molecule has 0 spiro atoms. The number of carbonyl (C=O) groups excluding carboxylic acids is 2. The normalized spacial score (nSPS) is 11.1. The number of nitro groups is 1. The summed E-state index contributed by atoms with van der Waals surface area (Å²) >= 11 is 5.70. The third-order valence-corrected chi connectivity index (χ3v) is 3.65. The molecule has 1 amide bonds. The van der Waals surface area contributed by atoms with E-state index in [0.29, 0.717) is 11.8 Å². The number of nitrogens with one attached hydrogen (secondary N) is 1. The van der Waals surface area contributed by atoms with E-state index >= 15 is 0 Å². The molecule has 2 rings (SSSR count). The maximum Gasteiger partial charge on any atom is 0.416 e. The Bertz CT molecular complexity index is 870. The van der Waals surface area contributed by atoms with E-state index in [4.69, 9.17) is 11.6 Å². The van der Waals surface area contributed by atoms with E-state index < -0.39 is 51.0 Å². The molecule has 10 heteroatoms. The van der Waals surface area contributed by atoms with Crippen LogP contribution in [-0.2, 0) is 11.0 Å². The monoisotopic (exact) mass is 386 g/mol. The Labute approximate surface area is 149 Å². The molecule has 2 aromatic carbocycles. The van der Waals surface area contributed by atoms with Gasteiger partial charge in [0.05, 0.1) is 16.9 Å². The molecule has 0 aromatic heterocycles. The van der Waals surface area contributed by atoms with Crippen molar-refractivity contribution in [3.8, 4) is 0 Å². The van der Waals surface area contributed by atoms with Crippen LogP contribution in [0.1, 0.15) is 22.3 Å². The van der Waals surface area contributed by atoms with Gasteiger partial charge in [0.25, 0.3) is 5.69 Å². The Morgan fingerprint density at radius 3 is 2.31 bits per heavy atom. The fraction of sp³-hybridized carbons (Fsp3) is 0.125. The van der Waals surface area contributed by atoms with E-state index in [-0.39, 0.29) is 6.07 Å². The Balaban J connectivity index is 2.31. The van der Waals surface area contributed by atoms with Crippen LogP contribution in [-0.4, -0.2) is 16.6 Å². The number of nitrogens with zero attached hydrogens (tertiary/aromatic N) is 1. The number of Topliss-reactive ketones (excluding diaryl/α,β-unsaturated/α-hetero) is 1. The summed E-state index contributed by atoms with van der Waals surface area (Å²) in [5.74, 6) is -1.87. The number of hydrogen-bond donors (Lipinski definition) is 1. The van der Waals surface area contributed by atoms with Crippen molar-refractivity contribution in [2.75, 3.05) is 5.32 Å². The lowest BCUT2D eigenvalue weighted by Crippen LogP contribution is -2.18. The summed E-state index contributed by atoms with van der Waals surface area (Å²) in [6, 6.07) is 8.68. The number of rotatable bonds is 5. The van der Waals surface area contributed by atoms with Crippen LogP contribution in [0.4, 0.5) is 24.5 Å². The first-order valence-electron chi connectivity index (χ1n) is 7.03. The minimum atomic E-state index is -4.92. The fourth-order valence-electron chi connectivity index (χ4n) is 2.08. The zero-order valence-corrected chi connectivity index (χ0v) is 13.6. The molecule has 2 aromatic rings. The maximum atomic E-state index is 12.9. The predicted octanol–water partition coefficient (Wildman–Crippen LogP) is 4.48. The minimum absolute atomic E-state index is 0.239. The first-order chi connectivity index (χ1) is 12.1. The number of halogens is 4. The topological polar surface area (TPSA) is 89.3 Å². The highest BCUT2D eigenvalue weighted by Gasteiger charge is 2.35. The van der Waals surface area contributed by atoms with Gasteiger partial charge < -0.3 is 5.32 Å². The molecule has 6 nitrogen and oxygen atoms in total. The average molecular weight is 387 g/mol. The van der Waals surface area contributed by atoms with Gasteiger partial charge in [0.2, 0.25) is 5.91 Å². The van der Waals surface area contributed by atoms with Crippen molar-refractivity contribution in [2.45, 2.75) is 12.6 Å². The molecule has 0 radical (unpaired) electrons. The molecule has 0 bridgehead atoms. The summed E-state index contributed by atoms with van der Waals surface area (Å²) in [5, 5.41) is 12.5. The minimum Gasteiger partial charge on any atom is -0.326 e. The number of amides is 1. The second kappa shape index (κ2) is 7.52. The van der Waals surface area contributed by atoms with Crippen molar-refractivity contribution < 1.29 is 27.7 Å². The van der Waals surface area contributed by atoms with E-state index in [1.165, 1.54) is 0 Å². The molecule has 136 valence electrons. The van der Waals surface area contributed by atoms with E-state index in [1.807, 2.05) is 0 Å². The second-order valence-electron chi connectivity index (χ2n) is 5.13. The summed E-state index contributed by atoms with van der Waals surface area (Å²) in [4.78, 5) is 33.8. The number of nitro benzene ring substituents is 1. The Morgan fingerprint density at radius 1 is 1.15 bits per heavy atom. The third kappa shape index (κ3) is 4.57. The zero-order valence-electron chi connectivity index (χ0n) is 12.8. The van der Waals surface area contributed by atoms with Crippen molar-refractivity contribution >= 4 is 34.7 Å². The molecular weight excluding hydrogens is 377 g/mol. The molecule has 0 heterocycles. The number of ketones is 1. The van der Waals surface area contributed by atoms with Gasteiger partial charge in [-0.2, -0.15) is 13.2 Å². The smallest absolute Gasteiger partial charge is 0.326 e. The van der Waals surface area contributed by atoms with E-state index in [1.54, 1.807) is 30.3 Å². The fourth-order valence-corrected chi connectivity index (χ4v) is 2.36. The molecule has 0 saturated heterocycles. The molecule has 0 aliphatic heterocycles. The summed E-state index contributed by atoms with van der Waals surface area (Å²) in [6.45, 7) is 0. The van der Waals surface area contributed by atoms with Gasteiger partial charge in [-0.05, 0) is 18.2 Å². The maximum absolute atomic E-state index is 12.9. The van der Waals surface area contributed by atoms with Crippen molar-refractivity contribution in [1.29, 1.82) is 0 Å². The largest absolute Gasteiger partial charge is 0.416 e. The van der Waals surface area contributed by atoms with Crippen LogP contribution in [0, 0.1) is 10.1 Å². The second-order valence-corrected chi connectivity index (χ2v) is 5.50.